The Labute approximate surface area is 68.1 Å². The fraction of sp³-hybridized carbons (Fsp3) is 0.875. The van der Waals surface area contributed by atoms with Crippen molar-refractivity contribution < 1.29 is 9.63 Å². The van der Waals surface area contributed by atoms with Gasteiger partial charge in [0.25, 0.3) is 0 Å². The lowest BCUT2D eigenvalue weighted by molar-refractivity contribution is -0.162. The first-order valence-corrected chi connectivity index (χ1v) is 3.81. The van der Waals surface area contributed by atoms with E-state index in [4.69, 9.17) is 4.84 Å². The Morgan fingerprint density at radius 2 is 1.82 bits per heavy atom. The van der Waals surface area contributed by atoms with Gasteiger partial charge in [0.2, 0.25) is 0 Å². The molecular weight excluding hydrogens is 142 g/mol. The van der Waals surface area contributed by atoms with Crippen LogP contribution in [0, 0.1) is 5.41 Å². The second-order valence-corrected chi connectivity index (χ2v) is 3.91. The molecule has 0 amide bonds. The van der Waals surface area contributed by atoms with Gasteiger partial charge < -0.3 is 4.84 Å². The zero-order chi connectivity index (χ0) is 9.07. The lowest BCUT2D eigenvalue weighted by Gasteiger charge is -2.17. The van der Waals surface area contributed by atoms with E-state index >= 15 is 0 Å². The average molecular weight is 159 g/mol. The summed E-state index contributed by atoms with van der Waals surface area (Å²) in [5.74, 6) is -0.230. The van der Waals surface area contributed by atoms with Crippen LogP contribution in [0.5, 0.6) is 0 Å². The Morgan fingerprint density at radius 1 is 1.36 bits per heavy atom. The maximum Gasteiger partial charge on any atom is 0.329 e. The molecule has 0 saturated carbocycles. The highest BCUT2D eigenvalue weighted by Gasteiger charge is 2.23. The molecule has 0 aliphatic rings. The Kier molecular flexibility index (Phi) is 3.52. The van der Waals surface area contributed by atoms with Crippen molar-refractivity contribution in [3.8, 4) is 0 Å². The molecular formula is C8H17NO2. The van der Waals surface area contributed by atoms with Gasteiger partial charge in [-0.2, -0.15) is 5.48 Å². The number of carbonyl (C=O) groups is 1. The second kappa shape index (κ2) is 3.72. The number of hydrogen-bond acceptors (Lipinski definition) is 3. The van der Waals surface area contributed by atoms with Gasteiger partial charge in [-0.1, -0.05) is 0 Å². The van der Waals surface area contributed by atoms with Gasteiger partial charge in [-0.15, -0.1) is 0 Å². The van der Waals surface area contributed by atoms with Crippen LogP contribution in [0.1, 0.15) is 34.6 Å². The van der Waals surface area contributed by atoms with E-state index in [-0.39, 0.29) is 12.0 Å². The number of rotatable bonds is 2. The molecule has 0 unspecified atom stereocenters. The predicted molar refractivity (Wildman–Crippen MR) is 43.8 cm³/mol. The third kappa shape index (κ3) is 4.79. The summed E-state index contributed by atoms with van der Waals surface area (Å²) in [5, 5.41) is 0. The number of hydroxylamine groups is 1. The molecule has 3 nitrogen and oxygen atoms in total. The maximum absolute atomic E-state index is 11.1. The first-order valence-electron chi connectivity index (χ1n) is 3.81. The standard InChI is InChI=1S/C8H17NO2/c1-6(2)9-11-7(10)8(3,4)5/h6,9H,1-5H3. The van der Waals surface area contributed by atoms with Crippen molar-refractivity contribution in [2.24, 2.45) is 5.41 Å². The largest absolute Gasteiger partial charge is 0.370 e. The van der Waals surface area contributed by atoms with Crippen molar-refractivity contribution in [3.63, 3.8) is 0 Å². The van der Waals surface area contributed by atoms with E-state index in [1.54, 1.807) is 0 Å². The maximum atomic E-state index is 11.1. The summed E-state index contributed by atoms with van der Waals surface area (Å²) in [6.45, 7) is 9.28. The molecule has 0 rings (SSSR count). The molecule has 0 radical (unpaired) electrons. The molecule has 1 N–H and O–H groups in total. The zero-order valence-electron chi connectivity index (χ0n) is 7.89. The molecule has 0 aliphatic heterocycles. The second-order valence-electron chi connectivity index (χ2n) is 3.91. The third-order valence-electron chi connectivity index (χ3n) is 1.000. The highest BCUT2D eigenvalue weighted by molar-refractivity contribution is 5.75. The minimum absolute atomic E-state index is 0.168. The molecule has 0 heterocycles. The summed E-state index contributed by atoms with van der Waals surface area (Å²) in [7, 11) is 0. The van der Waals surface area contributed by atoms with Crippen LogP contribution in [0.2, 0.25) is 0 Å². The van der Waals surface area contributed by atoms with E-state index in [1.165, 1.54) is 0 Å². The molecule has 0 fully saturated rings. The molecule has 0 aromatic heterocycles. The normalized spacial score (nSPS) is 11.8. The van der Waals surface area contributed by atoms with E-state index in [0.717, 1.165) is 0 Å². The molecule has 11 heavy (non-hydrogen) atoms. The summed E-state index contributed by atoms with van der Waals surface area (Å²) < 4.78 is 0. The topological polar surface area (TPSA) is 38.3 Å². The average Bonchev–Trinajstić information content (AvgIpc) is 1.80. The minimum atomic E-state index is -0.429. The van der Waals surface area contributed by atoms with Gasteiger partial charge in [0, 0.05) is 6.04 Å². The lowest BCUT2D eigenvalue weighted by Crippen LogP contribution is -2.33. The summed E-state index contributed by atoms with van der Waals surface area (Å²) >= 11 is 0. The van der Waals surface area contributed by atoms with Gasteiger partial charge in [0.1, 0.15) is 0 Å². The Bertz CT molecular complexity index is 136. The molecule has 0 spiro atoms. The number of nitrogens with one attached hydrogen (secondary N) is 1. The molecule has 0 aliphatic carbocycles. The van der Waals surface area contributed by atoms with Gasteiger partial charge in [-0.25, -0.2) is 4.79 Å². The van der Waals surface area contributed by atoms with Crippen LogP contribution >= 0.6 is 0 Å². The smallest absolute Gasteiger partial charge is 0.329 e. The van der Waals surface area contributed by atoms with Crippen LogP contribution in [-0.2, 0) is 9.63 Å². The van der Waals surface area contributed by atoms with Gasteiger partial charge in [0.15, 0.2) is 0 Å². The van der Waals surface area contributed by atoms with E-state index in [2.05, 4.69) is 5.48 Å². The Hall–Kier alpha value is -0.570. The molecule has 66 valence electrons. The first-order chi connectivity index (χ1) is 4.84. The SMILES string of the molecule is CC(C)NOC(=O)C(C)(C)C. The highest BCUT2D eigenvalue weighted by atomic mass is 16.7. The van der Waals surface area contributed by atoms with E-state index in [1.807, 2.05) is 34.6 Å². The predicted octanol–water partition coefficient (Wildman–Crippen LogP) is 1.49. The Morgan fingerprint density at radius 3 is 2.09 bits per heavy atom. The summed E-state index contributed by atoms with van der Waals surface area (Å²) in [6.07, 6.45) is 0. The van der Waals surface area contributed by atoms with Crippen LogP contribution in [0.4, 0.5) is 0 Å². The van der Waals surface area contributed by atoms with E-state index in [9.17, 15) is 4.79 Å². The summed E-state index contributed by atoms with van der Waals surface area (Å²) in [6, 6.07) is 0.168. The van der Waals surface area contributed by atoms with Crippen molar-refractivity contribution in [1.29, 1.82) is 0 Å². The van der Waals surface area contributed by atoms with E-state index < -0.39 is 5.41 Å². The Balaban J connectivity index is 3.71. The van der Waals surface area contributed by atoms with Gasteiger partial charge in [-0.3, -0.25) is 0 Å². The lowest BCUT2D eigenvalue weighted by atomic mass is 9.98. The van der Waals surface area contributed by atoms with Crippen LogP contribution < -0.4 is 5.48 Å². The van der Waals surface area contributed by atoms with Crippen LogP contribution in [0.3, 0.4) is 0 Å². The van der Waals surface area contributed by atoms with Crippen LogP contribution in [0.25, 0.3) is 0 Å². The van der Waals surface area contributed by atoms with Crippen molar-refractivity contribution in [1.82, 2.24) is 5.48 Å². The minimum Gasteiger partial charge on any atom is -0.370 e. The van der Waals surface area contributed by atoms with E-state index in [0.29, 0.717) is 0 Å². The fourth-order valence-corrected chi connectivity index (χ4v) is 0.324. The van der Waals surface area contributed by atoms with Crippen LogP contribution in [-0.4, -0.2) is 12.0 Å². The zero-order valence-corrected chi connectivity index (χ0v) is 7.89. The number of hydrogen-bond donors (Lipinski definition) is 1. The summed E-state index contributed by atoms with van der Waals surface area (Å²) in [4.78, 5) is 15.9. The molecule has 0 aromatic carbocycles. The van der Waals surface area contributed by atoms with Crippen molar-refractivity contribution >= 4 is 5.97 Å². The third-order valence-corrected chi connectivity index (χ3v) is 1.000. The molecule has 0 saturated heterocycles. The molecule has 0 atom stereocenters. The first kappa shape index (κ1) is 10.4. The van der Waals surface area contributed by atoms with Crippen LogP contribution in [0.15, 0.2) is 0 Å². The summed E-state index contributed by atoms with van der Waals surface area (Å²) in [5.41, 5.74) is 2.17. The van der Waals surface area contributed by atoms with Gasteiger partial charge >= 0.3 is 5.97 Å². The number of carbonyl (C=O) groups excluding carboxylic acids is 1. The highest BCUT2D eigenvalue weighted by Crippen LogP contribution is 2.14. The molecule has 0 bridgehead atoms. The fourth-order valence-electron chi connectivity index (χ4n) is 0.324. The van der Waals surface area contributed by atoms with Gasteiger partial charge in [-0.05, 0) is 34.6 Å². The molecule has 0 aromatic rings. The monoisotopic (exact) mass is 159 g/mol. The van der Waals surface area contributed by atoms with Gasteiger partial charge in [0.05, 0.1) is 5.41 Å². The van der Waals surface area contributed by atoms with Crippen molar-refractivity contribution in [3.05, 3.63) is 0 Å². The van der Waals surface area contributed by atoms with Crippen molar-refractivity contribution in [2.75, 3.05) is 0 Å². The molecule has 3 heteroatoms. The quantitative estimate of drug-likeness (QED) is 0.620. The van der Waals surface area contributed by atoms with Crippen molar-refractivity contribution in [2.45, 2.75) is 40.7 Å².